The zero-order valence-corrected chi connectivity index (χ0v) is 20.2. The Bertz CT molecular complexity index is 1320. The number of nitriles is 1. The van der Waals surface area contributed by atoms with Crippen molar-refractivity contribution in [2.24, 2.45) is 0 Å². The molecule has 2 aliphatic rings. The van der Waals surface area contributed by atoms with Gasteiger partial charge in [0.05, 0.1) is 11.5 Å². The topological polar surface area (TPSA) is 77.3 Å². The van der Waals surface area contributed by atoms with Gasteiger partial charge in [-0.1, -0.05) is 42.5 Å². The number of aromatic nitrogens is 1. The highest BCUT2D eigenvalue weighted by Gasteiger charge is 2.38. The normalized spacial score (nSPS) is 17.2. The summed E-state index contributed by atoms with van der Waals surface area (Å²) in [6.45, 7) is 3.82. The molecule has 0 saturated carbocycles. The molecule has 0 radical (unpaired) electrons. The Morgan fingerprint density at radius 1 is 1.00 bits per heavy atom. The Morgan fingerprint density at radius 3 is 2.31 bits per heavy atom. The van der Waals surface area contributed by atoms with Crippen molar-refractivity contribution >= 4 is 11.8 Å². The molecular formula is C29H27FN4O2. The van der Waals surface area contributed by atoms with E-state index in [0.717, 1.165) is 11.1 Å². The molecule has 2 fully saturated rings. The van der Waals surface area contributed by atoms with Gasteiger partial charge in [0.2, 0.25) is 0 Å². The number of piperidine rings is 1. The van der Waals surface area contributed by atoms with E-state index in [4.69, 9.17) is 0 Å². The number of hydrogen-bond acceptors (Lipinski definition) is 4. The van der Waals surface area contributed by atoms with E-state index < -0.39 is 5.41 Å². The lowest BCUT2D eigenvalue weighted by Gasteiger charge is -2.40. The average Bonchev–Trinajstić information content (AvgIpc) is 2.89. The van der Waals surface area contributed by atoms with Crippen LogP contribution >= 0.6 is 0 Å². The van der Waals surface area contributed by atoms with E-state index in [2.05, 4.69) is 11.1 Å². The first kappa shape index (κ1) is 23.7. The molecular weight excluding hydrogens is 455 g/mol. The molecule has 3 heterocycles. The van der Waals surface area contributed by atoms with E-state index in [1.807, 2.05) is 37.3 Å². The highest BCUT2D eigenvalue weighted by atomic mass is 19.1. The molecule has 36 heavy (non-hydrogen) atoms. The molecule has 0 N–H and O–H groups in total. The van der Waals surface area contributed by atoms with Gasteiger partial charge < -0.3 is 9.80 Å². The number of carbonyl (C=O) groups is 2. The second-order valence-corrected chi connectivity index (χ2v) is 9.70. The van der Waals surface area contributed by atoms with E-state index in [0.29, 0.717) is 50.1 Å². The zero-order chi connectivity index (χ0) is 25.3. The number of nitrogens with zero attached hydrogens (tertiary/aromatic N) is 4. The number of rotatable bonds is 4. The van der Waals surface area contributed by atoms with Crippen LogP contribution in [-0.4, -0.2) is 52.8 Å². The minimum Gasteiger partial charge on any atom is -0.337 e. The number of aryl methyl sites for hydroxylation is 1. The van der Waals surface area contributed by atoms with Gasteiger partial charge in [-0.25, -0.2) is 4.39 Å². The predicted octanol–water partition coefficient (Wildman–Crippen LogP) is 4.47. The molecule has 0 bridgehead atoms. The van der Waals surface area contributed by atoms with Crippen molar-refractivity contribution in [2.75, 3.05) is 26.2 Å². The van der Waals surface area contributed by atoms with Crippen LogP contribution in [-0.2, 0) is 5.41 Å². The second-order valence-electron chi connectivity index (χ2n) is 9.70. The number of benzene rings is 2. The molecule has 182 valence electrons. The minimum absolute atomic E-state index is 0.131. The molecule has 0 unspecified atom stereocenters. The Labute approximate surface area is 210 Å². The molecule has 5 rings (SSSR count). The minimum atomic E-state index is -0.599. The van der Waals surface area contributed by atoms with E-state index >= 15 is 0 Å². The Balaban J connectivity index is 1.26. The highest BCUT2D eigenvalue weighted by molar-refractivity contribution is 6.00. The summed E-state index contributed by atoms with van der Waals surface area (Å²) in [7, 11) is 0. The van der Waals surface area contributed by atoms with Gasteiger partial charge in [-0.05, 0) is 54.7 Å². The predicted molar refractivity (Wildman–Crippen MR) is 133 cm³/mol. The molecule has 0 spiro atoms. The van der Waals surface area contributed by atoms with Crippen molar-refractivity contribution in [1.29, 1.82) is 5.26 Å². The summed E-state index contributed by atoms with van der Waals surface area (Å²) in [4.78, 5) is 34.2. The van der Waals surface area contributed by atoms with Crippen LogP contribution in [0.25, 0.3) is 0 Å². The summed E-state index contributed by atoms with van der Waals surface area (Å²) in [5.41, 5.74) is 2.82. The van der Waals surface area contributed by atoms with Crippen LogP contribution in [0.3, 0.4) is 0 Å². The maximum absolute atomic E-state index is 13.3. The summed E-state index contributed by atoms with van der Waals surface area (Å²) >= 11 is 0. The van der Waals surface area contributed by atoms with Gasteiger partial charge in [0.1, 0.15) is 11.5 Å². The molecule has 0 atom stereocenters. The first-order valence-electron chi connectivity index (χ1n) is 12.2. The SMILES string of the molecule is Cc1cnc(C(=O)N2CCC(C#N)(c3ccccc3)CC2)cc1C(=O)N1CC(c2ccc(F)cc2)C1. The van der Waals surface area contributed by atoms with E-state index in [1.165, 1.54) is 12.1 Å². The van der Waals surface area contributed by atoms with Gasteiger partial charge >= 0.3 is 0 Å². The summed E-state index contributed by atoms with van der Waals surface area (Å²) in [5.74, 6) is -0.455. The summed E-state index contributed by atoms with van der Waals surface area (Å²) in [6.07, 6.45) is 2.68. The number of pyridine rings is 1. The van der Waals surface area contributed by atoms with Crippen LogP contribution in [0.5, 0.6) is 0 Å². The molecule has 7 heteroatoms. The zero-order valence-electron chi connectivity index (χ0n) is 20.2. The van der Waals surface area contributed by atoms with Crippen molar-refractivity contribution in [2.45, 2.75) is 31.1 Å². The first-order chi connectivity index (χ1) is 17.4. The molecule has 2 amide bonds. The van der Waals surface area contributed by atoms with Crippen molar-refractivity contribution in [1.82, 2.24) is 14.8 Å². The molecule has 6 nitrogen and oxygen atoms in total. The fraction of sp³-hybridized carbons (Fsp3) is 0.310. The van der Waals surface area contributed by atoms with Crippen LogP contribution < -0.4 is 0 Å². The summed E-state index contributed by atoms with van der Waals surface area (Å²) in [5, 5.41) is 9.92. The smallest absolute Gasteiger partial charge is 0.272 e. The quantitative estimate of drug-likeness (QED) is 0.550. The summed E-state index contributed by atoms with van der Waals surface area (Å²) in [6, 6.07) is 20.2. The molecule has 1 aromatic heterocycles. The first-order valence-corrected chi connectivity index (χ1v) is 12.2. The number of halogens is 1. The Hall–Kier alpha value is -4.05. The van der Waals surface area contributed by atoms with Crippen molar-refractivity contribution < 1.29 is 14.0 Å². The lowest BCUT2D eigenvalue weighted by Crippen LogP contribution is -2.48. The van der Waals surface area contributed by atoms with E-state index in [-0.39, 0.29) is 29.2 Å². The molecule has 2 aliphatic heterocycles. The third kappa shape index (κ3) is 4.35. The van der Waals surface area contributed by atoms with Gasteiger partial charge in [0.15, 0.2) is 0 Å². The van der Waals surface area contributed by atoms with Crippen LogP contribution in [0.1, 0.15) is 56.3 Å². The third-order valence-electron chi connectivity index (χ3n) is 7.51. The maximum atomic E-state index is 13.3. The number of likely N-dealkylation sites (tertiary alicyclic amines) is 2. The Kier molecular flexibility index (Phi) is 6.27. The third-order valence-corrected chi connectivity index (χ3v) is 7.51. The number of carbonyl (C=O) groups excluding carboxylic acids is 2. The highest BCUT2D eigenvalue weighted by Crippen LogP contribution is 2.35. The van der Waals surface area contributed by atoms with Crippen LogP contribution in [0.2, 0.25) is 0 Å². The molecule has 3 aromatic rings. The van der Waals surface area contributed by atoms with Gasteiger partial charge in [-0.2, -0.15) is 5.26 Å². The van der Waals surface area contributed by atoms with E-state index in [9.17, 15) is 19.2 Å². The fourth-order valence-corrected chi connectivity index (χ4v) is 5.11. The number of amides is 2. The maximum Gasteiger partial charge on any atom is 0.272 e. The van der Waals surface area contributed by atoms with Crippen LogP contribution in [0.4, 0.5) is 4.39 Å². The lowest BCUT2D eigenvalue weighted by atomic mass is 9.74. The van der Waals surface area contributed by atoms with Crippen molar-refractivity contribution in [3.63, 3.8) is 0 Å². The van der Waals surface area contributed by atoms with Gasteiger partial charge in [-0.15, -0.1) is 0 Å². The molecule has 2 saturated heterocycles. The monoisotopic (exact) mass is 482 g/mol. The van der Waals surface area contributed by atoms with Gasteiger partial charge in [0, 0.05) is 43.9 Å². The molecule has 0 aliphatic carbocycles. The molecule has 2 aromatic carbocycles. The van der Waals surface area contributed by atoms with Crippen molar-refractivity contribution in [3.8, 4) is 6.07 Å². The van der Waals surface area contributed by atoms with Gasteiger partial charge in [-0.3, -0.25) is 14.6 Å². The standard InChI is InChI=1S/C29H27FN4O2/c1-20-16-32-26(15-25(20)27(35)34-17-22(18-34)21-7-9-24(30)10-8-21)28(36)33-13-11-29(19-31,12-14-33)23-5-3-2-4-6-23/h2-10,15-16,22H,11-14,17-18H2,1H3. The fourth-order valence-electron chi connectivity index (χ4n) is 5.11. The largest absolute Gasteiger partial charge is 0.337 e. The second kappa shape index (κ2) is 9.54. The number of hydrogen-bond donors (Lipinski definition) is 0. The summed E-state index contributed by atoms with van der Waals surface area (Å²) < 4.78 is 13.2. The van der Waals surface area contributed by atoms with Crippen molar-refractivity contribution in [3.05, 3.63) is 101 Å². The van der Waals surface area contributed by atoms with Gasteiger partial charge in [0.25, 0.3) is 11.8 Å². The lowest BCUT2D eigenvalue weighted by molar-refractivity contribution is 0.0601. The van der Waals surface area contributed by atoms with E-state index in [1.54, 1.807) is 34.2 Å². The van der Waals surface area contributed by atoms with Crippen LogP contribution in [0.15, 0.2) is 66.9 Å². The Morgan fingerprint density at radius 2 is 1.67 bits per heavy atom. The van der Waals surface area contributed by atoms with Crippen LogP contribution in [0, 0.1) is 24.1 Å². The average molecular weight is 483 g/mol.